The van der Waals surface area contributed by atoms with Crippen LogP contribution in [0, 0.1) is 11.3 Å². The molecule has 0 N–H and O–H groups in total. The average Bonchev–Trinajstić information content (AvgIpc) is 2.77. The van der Waals surface area contributed by atoms with E-state index in [9.17, 15) is 5.26 Å². The van der Waals surface area contributed by atoms with E-state index < -0.39 is 5.92 Å². The first-order valence-corrected chi connectivity index (χ1v) is 9.14. The molecule has 4 rings (SSSR count). The van der Waals surface area contributed by atoms with Crippen LogP contribution < -0.4 is 0 Å². The van der Waals surface area contributed by atoms with Crippen molar-refractivity contribution in [1.82, 2.24) is 15.2 Å². The normalized spacial score (nSPS) is 11.6. The number of benzene rings is 3. The van der Waals surface area contributed by atoms with Gasteiger partial charge in [-0.3, -0.25) is 0 Å². The maximum Gasteiger partial charge on any atom is 0.182 e. The largest absolute Gasteiger partial charge is 0.227 e. The Morgan fingerprint density at radius 2 is 1.36 bits per heavy atom. The Bertz CT molecular complexity index is 1120. The molecule has 1 aromatic heterocycles. The van der Waals surface area contributed by atoms with Crippen LogP contribution in [0.1, 0.15) is 17.2 Å². The van der Waals surface area contributed by atoms with Gasteiger partial charge in [0.15, 0.2) is 5.82 Å². The molecule has 28 heavy (non-hydrogen) atoms. The minimum absolute atomic E-state index is 0.490. The lowest BCUT2D eigenvalue weighted by Crippen LogP contribution is -2.08. The molecule has 0 amide bonds. The first-order valence-electron chi connectivity index (χ1n) is 8.77. The van der Waals surface area contributed by atoms with E-state index in [0.29, 0.717) is 22.2 Å². The summed E-state index contributed by atoms with van der Waals surface area (Å²) in [5.74, 6) is -0.102. The van der Waals surface area contributed by atoms with Crippen molar-refractivity contribution in [2.45, 2.75) is 5.92 Å². The molecule has 5 heteroatoms. The molecule has 0 radical (unpaired) electrons. The molecule has 4 aromatic rings. The Balaban J connectivity index is 1.91. The third-order valence-electron chi connectivity index (χ3n) is 4.40. The first kappa shape index (κ1) is 17.8. The van der Waals surface area contributed by atoms with Crippen molar-refractivity contribution in [1.29, 1.82) is 5.26 Å². The summed E-state index contributed by atoms with van der Waals surface area (Å²) in [6.45, 7) is 0. The van der Waals surface area contributed by atoms with Crippen molar-refractivity contribution in [3.8, 4) is 28.7 Å². The zero-order valence-electron chi connectivity index (χ0n) is 14.8. The predicted molar refractivity (Wildman–Crippen MR) is 110 cm³/mol. The predicted octanol–water partition coefficient (Wildman–Crippen LogP) is 5.51. The highest BCUT2D eigenvalue weighted by Gasteiger charge is 2.23. The zero-order valence-corrected chi connectivity index (χ0v) is 15.6. The lowest BCUT2D eigenvalue weighted by molar-refractivity contribution is 0.889. The lowest BCUT2D eigenvalue weighted by Gasteiger charge is -2.14. The van der Waals surface area contributed by atoms with Crippen LogP contribution in [0.2, 0.25) is 5.02 Å². The molecule has 1 heterocycles. The number of aromatic nitrogens is 3. The number of halogens is 1. The van der Waals surface area contributed by atoms with Crippen LogP contribution in [0.15, 0.2) is 84.9 Å². The van der Waals surface area contributed by atoms with E-state index in [-0.39, 0.29) is 0 Å². The molecular formula is C23H15ClN4. The second-order valence-corrected chi connectivity index (χ2v) is 6.65. The maximum absolute atomic E-state index is 9.96. The second kappa shape index (κ2) is 7.99. The van der Waals surface area contributed by atoms with Crippen molar-refractivity contribution in [2.24, 2.45) is 0 Å². The van der Waals surface area contributed by atoms with Crippen LogP contribution in [-0.2, 0) is 0 Å². The summed E-state index contributed by atoms with van der Waals surface area (Å²) in [7, 11) is 0. The molecule has 4 nitrogen and oxygen atoms in total. The fourth-order valence-electron chi connectivity index (χ4n) is 3.00. The highest BCUT2D eigenvalue weighted by molar-refractivity contribution is 6.30. The summed E-state index contributed by atoms with van der Waals surface area (Å²) < 4.78 is 0. The molecule has 0 spiro atoms. The smallest absolute Gasteiger partial charge is 0.182 e. The highest BCUT2D eigenvalue weighted by atomic mass is 35.5. The SMILES string of the molecule is N#CC(c1ccc(Cl)cc1)c1nc(-c2ccccc2)nnc1-c1ccccc1. The summed E-state index contributed by atoms with van der Waals surface area (Å²) in [6, 6.07) is 28.9. The van der Waals surface area contributed by atoms with Crippen LogP contribution in [-0.4, -0.2) is 15.2 Å². The minimum Gasteiger partial charge on any atom is -0.227 e. The molecular weight excluding hydrogens is 368 g/mol. The van der Waals surface area contributed by atoms with Gasteiger partial charge in [-0.1, -0.05) is 84.4 Å². The Morgan fingerprint density at radius 1 is 0.750 bits per heavy atom. The third kappa shape index (κ3) is 3.62. The van der Waals surface area contributed by atoms with E-state index in [1.165, 1.54) is 0 Å². The molecule has 0 aliphatic carbocycles. The van der Waals surface area contributed by atoms with Gasteiger partial charge >= 0.3 is 0 Å². The van der Waals surface area contributed by atoms with Gasteiger partial charge in [-0.15, -0.1) is 10.2 Å². The summed E-state index contributed by atoms with van der Waals surface area (Å²) >= 11 is 6.02. The third-order valence-corrected chi connectivity index (χ3v) is 4.65. The molecule has 0 aliphatic rings. The summed E-state index contributed by atoms with van der Waals surface area (Å²) in [4.78, 5) is 4.76. The number of hydrogen-bond donors (Lipinski definition) is 0. The van der Waals surface area contributed by atoms with E-state index in [1.807, 2.05) is 72.8 Å². The summed E-state index contributed by atoms with van der Waals surface area (Å²) in [5.41, 5.74) is 3.70. The van der Waals surface area contributed by atoms with Gasteiger partial charge in [-0.2, -0.15) is 5.26 Å². The topological polar surface area (TPSA) is 62.5 Å². The lowest BCUT2D eigenvalue weighted by atomic mass is 9.93. The number of rotatable bonds is 4. The van der Waals surface area contributed by atoms with Gasteiger partial charge < -0.3 is 0 Å². The number of hydrogen-bond acceptors (Lipinski definition) is 4. The highest BCUT2D eigenvalue weighted by Crippen LogP contribution is 2.31. The van der Waals surface area contributed by atoms with Gasteiger partial charge in [0.25, 0.3) is 0 Å². The van der Waals surface area contributed by atoms with Crippen LogP contribution in [0.25, 0.3) is 22.6 Å². The van der Waals surface area contributed by atoms with Gasteiger partial charge in [0.1, 0.15) is 11.6 Å². The van der Waals surface area contributed by atoms with Gasteiger partial charge in [0.2, 0.25) is 0 Å². The van der Waals surface area contributed by atoms with Gasteiger partial charge in [0.05, 0.1) is 11.8 Å². The fraction of sp³-hybridized carbons (Fsp3) is 0.0435. The van der Waals surface area contributed by atoms with Crippen LogP contribution in [0.5, 0.6) is 0 Å². The van der Waals surface area contributed by atoms with Gasteiger partial charge in [0, 0.05) is 16.1 Å². The first-order chi connectivity index (χ1) is 13.8. The van der Waals surface area contributed by atoms with Gasteiger partial charge in [-0.25, -0.2) is 4.98 Å². The van der Waals surface area contributed by atoms with Crippen molar-refractivity contribution >= 4 is 11.6 Å². The second-order valence-electron chi connectivity index (χ2n) is 6.21. The quantitative estimate of drug-likeness (QED) is 0.466. The average molecular weight is 383 g/mol. The zero-order chi connectivity index (χ0) is 19.3. The van der Waals surface area contributed by atoms with E-state index >= 15 is 0 Å². The molecule has 0 fully saturated rings. The molecule has 1 unspecified atom stereocenters. The minimum atomic E-state index is -0.592. The Morgan fingerprint density at radius 3 is 1.96 bits per heavy atom. The standard InChI is InChI=1S/C23H15ClN4/c24-19-13-11-16(12-14-19)20(15-25)22-21(17-7-3-1-4-8-17)27-28-23(26-22)18-9-5-2-6-10-18/h1-14,20H. The van der Waals surface area contributed by atoms with Crippen molar-refractivity contribution in [3.63, 3.8) is 0 Å². The number of nitrogens with zero attached hydrogens (tertiary/aromatic N) is 4. The molecule has 1 atom stereocenters. The molecule has 134 valence electrons. The summed E-state index contributed by atoms with van der Waals surface area (Å²) in [5, 5.41) is 19.4. The van der Waals surface area contributed by atoms with E-state index in [2.05, 4.69) is 16.3 Å². The molecule has 0 saturated carbocycles. The Hall–Kier alpha value is -3.55. The van der Waals surface area contributed by atoms with Crippen LogP contribution in [0.4, 0.5) is 0 Å². The van der Waals surface area contributed by atoms with E-state index in [4.69, 9.17) is 16.6 Å². The van der Waals surface area contributed by atoms with Crippen LogP contribution in [0.3, 0.4) is 0 Å². The van der Waals surface area contributed by atoms with E-state index in [1.54, 1.807) is 12.1 Å². The number of nitriles is 1. The molecule has 0 aliphatic heterocycles. The van der Waals surface area contributed by atoms with E-state index in [0.717, 1.165) is 16.7 Å². The Labute approximate surface area is 168 Å². The maximum atomic E-state index is 9.96. The van der Waals surface area contributed by atoms with Crippen molar-refractivity contribution < 1.29 is 0 Å². The van der Waals surface area contributed by atoms with Gasteiger partial charge in [-0.05, 0) is 17.7 Å². The van der Waals surface area contributed by atoms with Crippen LogP contribution >= 0.6 is 11.6 Å². The monoisotopic (exact) mass is 382 g/mol. The molecule has 0 bridgehead atoms. The van der Waals surface area contributed by atoms with Crippen molar-refractivity contribution in [2.75, 3.05) is 0 Å². The fourth-order valence-corrected chi connectivity index (χ4v) is 3.13. The van der Waals surface area contributed by atoms with Crippen molar-refractivity contribution in [3.05, 3.63) is 101 Å². The molecule has 3 aromatic carbocycles. The molecule has 0 saturated heterocycles. The summed E-state index contributed by atoms with van der Waals surface area (Å²) in [6.07, 6.45) is 0. The Kier molecular flexibility index (Phi) is 5.09.